The van der Waals surface area contributed by atoms with E-state index in [1.165, 1.54) is 43.9 Å². The van der Waals surface area contributed by atoms with Gasteiger partial charge >= 0.3 is 0 Å². The highest BCUT2D eigenvalue weighted by molar-refractivity contribution is 5.22. The molecule has 1 nitrogen and oxygen atoms in total. The molecule has 0 radical (unpaired) electrons. The molecular formula is C16H21F2N. The SMILES string of the molecule is CC(NCC(C1CC1)C1CC1)c1c(F)cccc1F. The van der Waals surface area contributed by atoms with Gasteiger partial charge in [0.05, 0.1) is 0 Å². The topological polar surface area (TPSA) is 12.0 Å². The molecule has 104 valence electrons. The summed E-state index contributed by atoms with van der Waals surface area (Å²) in [5, 5.41) is 3.34. The van der Waals surface area contributed by atoms with Crippen LogP contribution in [-0.2, 0) is 0 Å². The van der Waals surface area contributed by atoms with Gasteiger partial charge in [0.15, 0.2) is 0 Å². The maximum Gasteiger partial charge on any atom is 0.130 e. The number of rotatable bonds is 6. The summed E-state index contributed by atoms with van der Waals surface area (Å²) in [6, 6.07) is 3.81. The van der Waals surface area contributed by atoms with Crippen molar-refractivity contribution in [1.29, 1.82) is 0 Å². The van der Waals surface area contributed by atoms with E-state index in [0.29, 0.717) is 0 Å². The number of nitrogens with one attached hydrogen (secondary N) is 1. The molecule has 3 rings (SSSR count). The first-order valence-electron chi connectivity index (χ1n) is 7.34. The van der Waals surface area contributed by atoms with E-state index in [1.54, 1.807) is 0 Å². The molecule has 0 aliphatic heterocycles. The van der Waals surface area contributed by atoms with Crippen LogP contribution in [0, 0.1) is 29.4 Å². The van der Waals surface area contributed by atoms with Crippen LogP contribution in [0.15, 0.2) is 18.2 Å². The van der Waals surface area contributed by atoms with Crippen LogP contribution in [0.5, 0.6) is 0 Å². The molecule has 0 heterocycles. The quantitative estimate of drug-likeness (QED) is 0.818. The molecule has 0 aromatic heterocycles. The van der Waals surface area contributed by atoms with E-state index in [2.05, 4.69) is 5.32 Å². The van der Waals surface area contributed by atoms with Gasteiger partial charge in [0.1, 0.15) is 11.6 Å². The van der Waals surface area contributed by atoms with Gasteiger partial charge in [-0.15, -0.1) is 0 Å². The summed E-state index contributed by atoms with van der Waals surface area (Å²) in [7, 11) is 0. The Hall–Kier alpha value is -0.960. The second kappa shape index (κ2) is 5.20. The Morgan fingerprint density at radius 1 is 1.11 bits per heavy atom. The fraction of sp³-hybridized carbons (Fsp3) is 0.625. The highest BCUT2D eigenvalue weighted by Crippen LogP contribution is 2.49. The van der Waals surface area contributed by atoms with E-state index in [0.717, 1.165) is 24.3 Å². The van der Waals surface area contributed by atoms with Crippen LogP contribution in [-0.4, -0.2) is 6.54 Å². The van der Waals surface area contributed by atoms with Crippen LogP contribution in [0.3, 0.4) is 0 Å². The standard InChI is InChI=1S/C16H21F2N/c1-10(16-14(17)3-2-4-15(16)18)19-9-13(11-5-6-11)12-7-8-12/h2-4,10-13,19H,5-9H2,1H3. The first-order valence-corrected chi connectivity index (χ1v) is 7.34. The molecule has 2 aliphatic rings. The highest BCUT2D eigenvalue weighted by Gasteiger charge is 2.41. The summed E-state index contributed by atoms with van der Waals surface area (Å²) >= 11 is 0. The Bertz CT molecular complexity index is 420. The van der Waals surface area contributed by atoms with E-state index in [9.17, 15) is 8.78 Å². The van der Waals surface area contributed by atoms with Gasteiger partial charge in [-0.05, 0) is 69.0 Å². The third-order valence-electron chi connectivity index (χ3n) is 4.55. The van der Waals surface area contributed by atoms with Gasteiger partial charge in [-0.25, -0.2) is 8.78 Å². The molecule has 0 saturated heterocycles. The Morgan fingerprint density at radius 3 is 2.11 bits per heavy atom. The van der Waals surface area contributed by atoms with Gasteiger partial charge in [-0.1, -0.05) is 6.07 Å². The maximum absolute atomic E-state index is 13.7. The predicted octanol–water partition coefficient (Wildman–Crippen LogP) is 4.05. The Morgan fingerprint density at radius 2 is 1.63 bits per heavy atom. The summed E-state index contributed by atoms with van der Waals surface area (Å²) in [4.78, 5) is 0. The zero-order chi connectivity index (χ0) is 13.4. The van der Waals surface area contributed by atoms with Crippen LogP contribution in [0.1, 0.15) is 44.2 Å². The van der Waals surface area contributed by atoms with E-state index in [4.69, 9.17) is 0 Å². The van der Waals surface area contributed by atoms with Crippen LogP contribution < -0.4 is 5.32 Å². The second-order valence-corrected chi connectivity index (χ2v) is 6.10. The Labute approximate surface area is 113 Å². The third-order valence-corrected chi connectivity index (χ3v) is 4.55. The smallest absolute Gasteiger partial charge is 0.130 e. The molecule has 2 fully saturated rings. The van der Waals surface area contributed by atoms with Crippen molar-refractivity contribution in [3.8, 4) is 0 Å². The summed E-state index contributed by atoms with van der Waals surface area (Å²) < 4.78 is 27.4. The van der Waals surface area contributed by atoms with Crippen molar-refractivity contribution in [2.45, 2.75) is 38.6 Å². The lowest BCUT2D eigenvalue weighted by atomic mass is 9.97. The molecular weight excluding hydrogens is 244 g/mol. The Balaban J connectivity index is 1.62. The van der Waals surface area contributed by atoms with Crippen molar-refractivity contribution in [3.63, 3.8) is 0 Å². The number of benzene rings is 1. The number of hydrogen-bond acceptors (Lipinski definition) is 1. The van der Waals surface area contributed by atoms with Crippen molar-refractivity contribution in [2.24, 2.45) is 17.8 Å². The Kier molecular flexibility index (Phi) is 3.57. The van der Waals surface area contributed by atoms with Crippen molar-refractivity contribution in [2.75, 3.05) is 6.54 Å². The largest absolute Gasteiger partial charge is 0.310 e. The third kappa shape index (κ3) is 2.97. The lowest BCUT2D eigenvalue weighted by molar-refractivity contribution is 0.356. The van der Waals surface area contributed by atoms with Crippen molar-refractivity contribution >= 4 is 0 Å². The molecule has 3 heteroatoms. The predicted molar refractivity (Wildman–Crippen MR) is 71.7 cm³/mol. The molecule has 1 atom stereocenters. The normalized spacial score (nSPS) is 20.8. The van der Waals surface area contributed by atoms with Gasteiger partial charge in [0.2, 0.25) is 0 Å². The average molecular weight is 265 g/mol. The van der Waals surface area contributed by atoms with Crippen LogP contribution >= 0.6 is 0 Å². The van der Waals surface area contributed by atoms with Crippen LogP contribution in [0.4, 0.5) is 8.78 Å². The van der Waals surface area contributed by atoms with Gasteiger partial charge < -0.3 is 5.32 Å². The molecule has 2 aliphatic carbocycles. The van der Waals surface area contributed by atoms with E-state index in [-0.39, 0.29) is 11.6 Å². The van der Waals surface area contributed by atoms with E-state index >= 15 is 0 Å². The number of halogens is 2. The molecule has 0 amide bonds. The van der Waals surface area contributed by atoms with Gasteiger partial charge in [0, 0.05) is 11.6 Å². The minimum absolute atomic E-state index is 0.174. The molecule has 1 N–H and O–H groups in total. The summed E-state index contributed by atoms with van der Waals surface area (Å²) in [6.45, 7) is 2.74. The van der Waals surface area contributed by atoms with Crippen LogP contribution in [0.2, 0.25) is 0 Å². The molecule has 19 heavy (non-hydrogen) atoms. The fourth-order valence-electron chi connectivity index (χ4n) is 3.11. The minimum atomic E-state index is -0.450. The van der Waals surface area contributed by atoms with Gasteiger partial charge in [-0.2, -0.15) is 0 Å². The summed E-state index contributed by atoms with van der Waals surface area (Å²) in [6.07, 6.45) is 5.35. The van der Waals surface area contributed by atoms with Gasteiger partial charge in [0.25, 0.3) is 0 Å². The van der Waals surface area contributed by atoms with Crippen molar-refractivity contribution in [1.82, 2.24) is 5.32 Å². The van der Waals surface area contributed by atoms with Crippen LogP contribution in [0.25, 0.3) is 0 Å². The average Bonchev–Trinajstić information content (AvgIpc) is 3.24. The van der Waals surface area contributed by atoms with Crippen molar-refractivity contribution in [3.05, 3.63) is 35.4 Å². The first kappa shape index (κ1) is 13.0. The molecule has 1 aromatic rings. The molecule has 2 saturated carbocycles. The fourth-order valence-corrected chi connectivity index (χ4v) is 3.11. The summed E-state index contributed by atoms with van der Waals surface area (Å²) in [5.74, 6) is 1.54. The number of hydrogen-bond donors (Lipinski definition) is 1. The van der Waals surface area contributed by atoms with E-state index in [1.807, 2.05) is 6.92 Å². The highest BCUT2D eigenvalue weighted by atomic mass is 19.1. The minimum Gasteiger partial charge on any atom is -0.310 e. The lowest BCUT2D eigenvalue weighted by Gasteiger charge is -2.21. The maximum atomic E-state index is 13.7. The molecule has 1 aromatic carbocycles. The molecule has 0 bridgehead atoms. The van der Waals surface area contributed by atoms with Crippen molar-refractivity contribution < 1.29 is 8.78 Å². The van der Waals surface area contributed by atoms with Gasteiger partial charge in [-0.3, -0.25) is 0 Å². The zero-order valence-electron chi connectivity index (χ0n) is 11.3. The second-order valence-electron chi connectivity index (χ2n) is 6.10. The lowest BCUT2D eigenvalue weighted by Crippen LogP contribution is -2.29. The molecule has 0 spiro atoms. The summed E-state index contributed by atoms with van der Waals surface area (Å²) in [5.41, 5.74) is 0.174. The van der Waals surface area contributed by atoms with E-state index < -0.39 is 11.6 Å². The monoisotopic (exact) mass is 265 g/mol. The zero-order valence-corrected chi connectivity index (χ0v) is 11.3. The first-order chi connectivity index (χ1) is 9.16. The molecule has 1 unspecified atom stereocenters.